The average molecular weight is 312 g/mol. The molecule has 1 aromatic carbocycles. The summed E-state index contributed by atoms with van der Waals surface area (Å²) in [5.41, 5.74) is 9.28. The minimum atomic E-state index is 0.0343. The summed E-state index contributed by atoms with van der Waals surface area (Å²) in [6.45, 7) is 5.46. The van der Waals surface area contributed by atoms with Crippen LogP contribution in [0.3, 0.4) is 0 Å². The zero-order valence-electron chi connectivity index (χ0n) is 13.7. The standard InChI is InChI=1S/C18H24N4O/c1-14-11-15(2)13-16(12-14)21-18(19)20-8-4-6-10-22-9-5-3-7-17(22)23/h3,5,7,9,11-13H,4,6,8,10H2,1-2H3,(H3,19,20,21). The minimum Gasteiger partial charge on any atom is -0.370 e. The number of hydrogen-bond acceptors (Lipinski definition) is 2. The van der Waals surface area contributed by atoms with Crippen molar-refractivity contribution in [1.29, 1.82) is 0 Å². The van der Waals surface area contributed by atoms with Crippen LogP contribution in [0, 0.1) is 13.8 Å². The van der Waals surface area contributed by atoms with Crippen molar-refractivity contribution >= 4 is 11.6 Å². The maximum Gasteiger partial charge on any atom is 0.250 e. The number of aryl methyl sites for hydroxylation is 3. The third kappa shape index (κ3) is 5.62. The molecule has 0 saturated heterocycles. The molecule has 3 N–H and O–H groups in total. The van der Waals surface area contributed by atoms with Gasteiger partial charge in [0.05, 0.1) is 0 Å². The first-order valence-electron chi connectivity index (χ1n) is 7.85. The highest BCUT2D eigenvalue weighted by molar-refractivity contribution is 5.92. The number of pyridine rings is 1. The molecular formula is C18H24N4O. The van der Waals surface area contributed by atoms with Crippen LogP contribution in [0.25, 0.3) is 0 Å². The van der Waals surface area contributed by atoms with E-state index in [1.165, 1.54) is 11.1 Å². The molecule has 1 aromatic heterocycles. The molecule has 0 aliphatic heterocycles. The van der Waals surface area contributed by atoms with Crippen LogP contribution in [0.15, 0.2) is 52.4 Å². The zero-order chi connectivity index (χ0) is 16.7. The van der Waals surface area contributed by atoms with Gasteiger partial charge < -0.3 is 15.6 Å². The summed E-state index contributed by atoms with van der Waals surface area (Å²) >= 11 is 0. The average Bonchev–Trinajstić information content (AvgIpc) is 2.47. The predicted octanol–water partition coefficient (Wildman–Crippen LogP) is 2.67. The molecule has 122 valence electrons. The highest BCUT2D eigenvalue weighted by atomic mass is 16.1. The number of anilines is 1. The fourth-order valence-electron chi connectivity index (χ4n) is 2.47. The van der Waals surface area contributed by atoms with Gasteiger partial charge in [0.25, 0.3) is 0 Å². The number of nitrogens with zero attached hydrogens (tertiary/aromatic N) is 2. The summed E-state index contributed by atoms with van der Waals surface area (Å²) in [7, 11) is 0. The number of aliphatic imine (C=N–C) groups is 1. The molecule has 0 saturated carbocycles. The van der Waals surface area contributed by atoms with Crippen LogP contribution in [0.1, 0.15) is 24.0 Å². The van der Waals surface area contributed by atoms with Crippen molar-refractivity contribution < 1.29 is 0 Å². The number of hydrogen-bond donors (Lipinski definition) is 2. The molecule has 0 amide bonds. The molecule has 0 aliphatic rings. The van der Waals surface area contributed by atoms with E-state index in [1.807, 2.05) is 24.4 Å². The first-order valence-corrected chi connectivity index (χ1v) is 7.85. The van der Waals surface area contributed by atoms with Crippen LogP contribution < -0.4 is 16.6 Å². The van der Waals surface area contributed by atoms with E-state index in [9.17, 15) is 4.79 Å². The van der Waals surface area contributed by atoms with Crippen LogP contribution in [0.4, 0.5) is 5.69 Å². The Balaban J connectivity index is 1.77. The maximum atomic E-state index is 11.6. The van der Waals surface area contributed by atoms with E-state index in [2.05, 4.69) is 30.2 Å². The highest BCUT2D eigenvalue weighted by Crippen LogP contribution is 2.13. The van der Waals surface area contributed by atoms with Gasteiger partial charge in [0.1, 0.15) is 0 Å². The molecule has 0 fully saturated rings. The van der Waals surface area contributed by atoms with Crippen molar-refractivity contribution in [3.63, 3.8) is 0 Å². The fourth-order valence-corrected chi connectivity index (χ4v) is 2.47. The number of unbranched alkanes of at least 4 members (excludes halogenated alkanes) is 1. The largest absolute Gasteiger partial charge is 0.370 e. The predicted molar refractivity (Wildman–Crippen MR) is 96.0 cm³/mol. The lowest BCUT2D eigenvalue weighted by molar-refractivity contribution is 0.599. The maximum absolute atomic E-state index is 11.6. The van der Waals surface area contributed by atoms with Crippen LogP contribution in [-0.4, -0.2) is 17.1 Å². The molecule has 23 heavy (non-hydrogen) atoms. The van der Waals surface area contributed by atoms with Crippen LogP contribution >= 0.6 is 0 Å². The zero-order valence-corrected chi connectivity index (χ0v) is 13.7. The van der Waals surface area contributed by atoms with Gasteiger partial charge >= 0.3 is 0 Å². The molecule has 0 unspecified atom stereocenters. The van der Waals surface area contributed by atoms with Crippen molar-refractivity contribution in [2.75, 3.05) is 11.9 Å². The van der Waals surface area contributed by atoms with Gasteiger partial charge in [-0.2, -0.15) is 0 Å². The van der Waals surface area contributed by atoms with Gasteiger partial charge in [0.15, 0.2) is 5.96 Å². The van der Waals surface area contributed by atoms with Crippen molar-refractivity contribution in [1.82, 2.24) is 4.57 Å². The molecule has 0 atom stereocenters. The fraction of sp³-hybridized carbons (Fsp3) is 0.333. The van der Waals surface area contributed by atoms with Gasteiger partial charge in [-0.3, -0.25) is 9.79 Å². The molecule has 2 aromatic rings. The van der Waals surface area contributed by atoms with E-state index in [4.69, 9.17) is 5.73 Å². The van der Waals surface area contributed by atoms with E-state index in [1.54, 1.807) is 16.7 Å². The molecule has 0 bridgehead atoms. The lowest BCUT2D eigenvalue weighted by Gasteiger charge is -2.08. The third-order valence-corrected chi connectivity index (χ3v) is 3.48. The Morgan fingerprint density at radius 2 is 1.91 bits per heavy atom. The lowest BCUT2D eigenvalue weighted by atomic mass is 10.1. The number of rotatable bonds is 6. The SMILES string of the molecule is Cc1cc(C)cc(NC(N)=NCCCCn2ccccc2=O)c1. The Hall–Kier alpha value is -2.56. The third-order valence-electron chi connectivity index (χ3n) is 3.48. The van der Waals surface area contributed by atoms with E-state index in [-0.39, 0.29) is 5.56 Å². The quantitative estimate of drug-likeness (QED) is 0.489. The number of benzene rings is 1. The van der Waals surface area contributed by atoms with E-state index < -0.39 is 0 Å². The number of nitrogens with one attached hydrogen (secondary N) is 1. The van der Waals surface area contributed by atoms with Gasteiger partial charge in [0.2, 0.25) is 5.56 Å². The second-order valence-electron chi connectivity index (χ2n) is 5.71. The van der Waals surface area contributed by atoms with Crippen LogP contribution in [0.2, 0.25) is 0 Å². The van der Waals surface area contributed by atoms with E-state index in [0.717, 1.165) is 18.5 Å². The topological polar surface area (TPSA) is 72.4 Å². The Morgan fingerprint density at radius 1 is 1.17 bits per heavy atom. The van der Waals surface area contributed by atoms with Crippen molar-refractivity contribution in [3.05, 3.63) is 64.1 Å². The summed E-state index contributed by atoms with van der Waals surface area (Å²) in [5, 5.41) is 3.11. The molecule has 0 radical (unpaired) electrons. The molecule has 0 aliphatic carbocycles. The molecule has 2 rings (SSSR count). The monoisotopic (exact) mass is 312 g/mol. The summed E-state index contributed by atoms with van der Waals surface area (Å²) in [5.74, 6) is 0.423. The highest BCUT2D eigenvalue weighted by Gasteiger charge is 1.98. The van der Waals surface area contributed by atoms with Crippen LogP contribution in [0.5, 0.6) is 0 Å². The number of guanidine groups is 1. The Morgan fingerprint density at radius 3 is 2.61 bits per heavy atom. The van der Waals surface area contributed by atoms with Gasteiger partial charge in [-0.05, 0) is 56.0 Å². The minimum absolute atomic E-state index is 0.0343. The van der Waals surface area contributed by atoms with E-state index in [0.29, 0.717) is 19.0 Å². The number of nitrogens with two attached hydrogens (primary N) is 1. The summed E-state index contributed by atoms with van der Waals surface area (Å²) in [6, 6.07) is 11.4. The van der Waals surface area contributed by atoms with Crippen molar-refractivity contribution in [2.45, 2.75) is 33.2 Å². The summed E-state index contributed by atoms with van der Waals surface area (Å²) in [6.07, 6.45) is 3.59. The summed E-state index contributed by atoms with van der Waals surface area (Å²) in [4.78, 5) is 15.9. The second kappa shape index (κ2) is 8.17. The summed E-state index contributed by atoms with van der Waals surface area (Å²) < 4.78 is 1.71. The molecule has 5 heteroatoms. The lowest BCUT2D eigenvalue weighted by Crippen LogP contribution is -2.23. The Bertz CT molecular complexity index is 714. The first-order chi connectivity index (χ1) is 11.0. The molecule has 1 heterocycles. The van der Waals surface area contributed by atoms with Gasteiger partial charge in [-0.15, -0.1) is 0 Å². The molecular weight excluding hydrogens is 288 g/mol. The smallest absolute Gasteiger partial charge is 0.250 e. The van der Waals surface area contributed by atoms with Gasteiger partial charge in [0, 0.05) is 31.0 Å². The Kier molecular flexibility index (Phi) is 5.97. The van der Waals surface area contributed by atoms with Crippen molar-refractivity contribution in [2.24, 2.45) is 10.7 Å². The van der Waals surface area contributed by atoms with Crippen molar-refractivity contribution in [3.8, 4) is 0 Å². The first kappa shape index (κ1) is 16.8. The Labute approximate surface area is 136 Å². The van der Waals surface area contributed by atoms with Gasteiger partial charge in [-0.25, -0.2) is 0 Å². The van der Waals surface area contributed by atoms with E-state index >= 15 is 0 Å². The van der Waals surface area contributed by atoms with Crippen LogP contribution in [-0.2, 0) is 6.54 Å². The van der Waals surface area contributed by atoms with Gasteiger partial charge in [-0.1, -0.05) is 12.1 Å². The molecule has 5 nitrogen and oxygen atoms in total. The second-order valence-corrected chi connectivity index (χ2v) is 5.71. The molecule has 0 spiro atoms. The normalized spacial score (nSPS) is 11.5. The number of aromatic nitrogens is 1.